The lowest BCUT2D eigenvalue weighted by molar-refractivity contribution is 0.0145. The summed E-state index contributed by atoms with van der Waals surface area (Å²) in [7, 11) is -2.12. The van der Waals surface area contributed by atoms with Crippen molar-refractivity contribution in [2.24, 2.45) is 5.92 Å². The predicted molar refractivity (Wildman–Crippen MR) is 123 cm³/mol. The quantitative estimate of drug-likeness (QED) is 0.527. The second-order valence-electron chi connectivity index (χ2n) is 9.26. The standard InChI is InChI=1S/C21H30F2N6O4S/c1-21(31)7-3-4-14(21)12-29-18-13(10-16(17(22)23)19(29)30)11-25-20(27-18)26-15-5-8-28(9-6-15)34(32,33)24-2/h10-11,14-15,17,24,31H,3-9,12H2,1-2H3,(H,25,26,27)/t14-,21+/m0/s1. The third-order valence-corrected chi connectivity index (χ3v) is 8.55. The Hall–Kier alpha value is -2.22. The van der Waals surface area contributed by atoms with Crippen molar-refractivity contribution < 1.29 is 22.3 Å². The predicted octanol–water partition coefficient (Wildman–Crippen LogP) is 1.62. The van der Waals surface area contributed by atoms with Crippen LogP contribution in [-0.2, 0) is 16.8 Å². The zero-order valence-electron chi connectivity index (χ0n) is 19.2. The maximum atomic E-state index is 13.6. The van der Waals surface area contributed by atoms with Crippen molar-refractivity contribution in [2.75, 3.05) is 25.5 Å². The Morgan fingerprint density at radius 2 is 2.00 bits per heavy atom. The van der Waals surface area contributed by atoms with Gasteiger partial charge in [0.2, 0.25) is 5.95 Å². The number of alkyl halides is 2. The summed E-state index contributed by atoms with van der Waals surface area (Å²) >= 11 is 0. The first-order valence-electron chi connectivity index (χ1n) is 11.4. The van der Waals surface area contributed by atoms with E-state index in [1.54, 1.807) is 6.92 Å². The molecule has 0 aromatic carbocycles. The van der Waals surface area contributed by atoms with Crippen molar-refractivity contribution in [3.63, 3.8) is 0 Å². The van der Waals surface area contributed by atoms with Gasteiger partial charge in [-0.1, -0.05) is 6.42 Å². The van der Waals surface area contributed by atoms with Gasteiger partial charge in [-0.2, -0.15) is 17.7 Å². The van der Waals surface area contributed by atoms with E-state index < -0.39 is 33.4 Å². The molecule has 2 atom stereocenters. The van der Waals surface area contributed by atoms with Crippen LogP contribution in [0.4, 0.5) is 14.7 Å². The van der Waals surface area contributed by atoms with Crippen LogP contribution in [0.25, 0.3) is 11.0 Å². The minimum absolute atomic E-state index is 0.0829. The molecule has 2 aromatic rings. The summed E-state index contributed by atoms with van der Waals surface area (Å²) in [5, 5.41) is 14.2. The van der Waals surface area contributed by atoms with Crippen molar-refractivity contribution in [1.29, 1.82) is 0 Å². The van der Waals surface area contributed by atoms with Gasteiger partial charge in [0, 0.05) is 50.2 Å². The molecule has 34 heavy (non-hydrogen) atoms. The molecule has 4 rings (SSSR count). The molecule has 2 fully saturated rings. The molecule has 2 aliphatic rings. The zero-order valence-corrected chi connectivity index (χ0v) is 20.0. The fourth-order valence-corrected chi connectivity index (χ4v) is 5.81. The van der Waals surface area contributed by atoms with Gasteiger partial charge < -0.3 is 10.4 Å². The number of nitrogens with zero attached hydrogens (tertiary/aromatic N) is 4. The SMILES string of the molecule is CNS(=O)(=O)N1CCC(Nc2ncc3cc(C(F)F)c(=O)n(C[C@@H]4CCC[C@@]4(C)O)c3n2)CC1. The highest BCUT2D eigenvalue weighted by Gasteiger charge is 2.37. The maximum absolute atomic E-state index is 13.6. The monoisotopic (exact) mass is 500 g/mol. The summed E-state index contributed by atoms with van der Waals surface area (Å²) in [5.74, 6) is -0.0234. The van der Waals surface area contributed by atoms with Crippen molar-refractivity contribution >= 4 is 27.2 Å². The van der Waals surface area contributed by atoms with Gasteiger partial charge in [0.25, 0.3) is 22.2 Å². The molecule has 0 unspecified atom stereocenters. The van der Waals surface area contributed by atoms with E-state index in [4.69, 9.17) is 0 Å². The number of piperidine rings is 1. The first-order valence-corrected chi connectivity index (χ1v) is 12.8. The molecular weight excluding hydrogens is 470 g/mol. The number of nitrogens with one attached hydrogen (secondary N) is 2. The van der Waals surface area contributed by atoms with Gasteiger partial charge in [-0.05, 0) is 38.7 Å². The number of aromatic nitrogens is 3. The number of hydrogen-bond acceptors (Lipinski definition) is 7. The minimum atomic E-state index is -3.48. The molecule has 188 valence electrons. The molecule has 10 nitrogen and oxygen atoms in total. The van der Waals surface area contributed by atoms with Gasteiger partial charge in [-0.15, -0.1) is 0 Å². The van der Waals surface area contributed by atoms with Gasteiger partial charge >= 0.3 is 0 Å². The van der Waals surface area contributed by atoms with E-state index in [2.05, 4.69) is 20.0 Å². The highest BCUT2D eigenvalue weighted by Crippen LogP contribution is 2.36. The van der Waals surface area contributed by atoms with Crippen molar-refractivity contribution in [1.82, 2.24) is 23.6 Å². The lowest BCUT2D eigenvalue weighted by Gasteiger charge is -2.31. The number of rotatable bonds is 7. The van der Waals surface area contributed by atoms with Crippen LogP contribution in [0.5, 0.6) is 0 Å². The lowest BCUT2D eigenvalue weighted by Crippen LogP contribution is -2.46. The van der Waals surface area contributed by atoms with Crippen LogP contribution in [0.15, 0.2) is 17.1 Å². The summed E-state index contributed by atoms with van der Waals surface area (Å²) in [4.78, 5) is 21.7. The molecule has 1 aliphatic carbocycles. The molecule has 0 amide bonds. The summed E-state index contributed by atoms with van der Waals surface area (Å²) < 4.78 is 56.0. The molecule has 0 bridgehead atoms. The summed E-state index contributed by atoms with van der Waals surface area (Å²) in [6, 6.07) is 1.04. The summed E-state index contributed by atoms with van der Waals surface area (Å²) in [5.41, 5.74) is -2.19. The number of aliphatic hydroxyl groups is 1. The first-order chi connectivity index (χ1) is 16.0. The molecule has 2 aromatic heterocycles. The van der Waals surface area contributed by atoms with E-state index in [0.717, 1.165) is 12.5 Å². The van der Waals surface area contributed by atoms with Crippen LogP contribution < -0.4 is 15.6 Å². The van der Waals surface area contributed by atoms with Crippen molar-refractivity contribution in [2.45, 2.75) is 63.6 Å². The highest BCUT2D eigenvalue weighted by molar-refractivity contribution is 7.87. The molecule has 0 radical (unpaired) electrons. The fraction of sp³-hybridized carbons (Fsp3) is 0.667. The van der Waals surface area contributed by atoms with E-state index in [1.807, 2.05) is 0 Å². The summed E-state index contributed by atoms with van der Waals surface area (Å²) in [6.45, 7) is 2.44. The van der Waals surface area contributed by atoms with Gasteiger partial charge in [0.15, 0.2) is 0 Å². The summed E-state index contributed by atoms with van der Waals surface area (Å²) in [6.07, 6.45) is 1.59. The van der Waals surface area contributed by atoms with Gasteiger partial charge in [-0.25, -0.2) is 18.5 Å². The van der Waals surface area contributed by atoms with E-state index in [0.29, 0.717) is 44.2 Å². The molecule has 0 spiro atoms. The Labute approximate surface area is 196 Å². The second-order valence-corrected chi connectivity index (χ2v) is 11.1. The number of anilines is 1. The van der Waals surface area contributed by atoms with Gasteiger partial charge in [0.05, 0.1) is 11.2 Å². The number of fused-ring (bicyclic) bond motifs is 1. The van der Waals surface area contributed by atoms with Crippen LogP contribution in [0, 0.1) is 5.92 Å². The third kappa shape index (κ3) is 4.92. The fourth-order valence-electron chi connectivity index (χ4n) is 4.86. The Bertz CT molecular complexity index is 1210. The Balaban J connectivity index is 1.62. The molecule has 3 heterocycles. The third-order valence-electron chi connectivity index (χ3n) is 6.99. The normalized spacial score (nSPS) is 24.8. The average molecular weight is 501 g/mol. The van der Waals surface area contributed by atoms with Gasteiger partial charge in [-0.3, -0.25) is 9.36 Å². The largest absolute Gasteiger partial charge is 0.390 e. The van der Waals surface area contributed by atoms with Crippen LogP contribution in [-0.4, -0.2) is 64.1 Å². The van der Waals surface area contributed by atoms with E-state index >= 15 is 0 Å². The number of hydrogen-bond donors (Lipinski definition) is 3. The van der Waals surface area contributed by atoms with Crippen molar-refractivity contribution in [3.05, 3.63) is 28.2 Å². The van der Waals surface area contributed by atoms with E-state index in [1.165, 1.54) is 22.1 Å². The number of pyridine rings is 1. The molecule has 1 saturated heterocycles. The smallest absolute Gasteiger partial charge is 0.279 e. The number of halogens is 2. The van der Waals surface area contributed by atoms with Crippen LogP contribution >= 0.6 is 0 Å². The molecule has 13 heteroatoms. The minimum Gasteiger partial charge on any atom is -0.390 e. The van der Waals surface area contributed by atoms with Crippen LogP contribution in [0.3, 0.4) is 0 Å². The zero-order chi connectivity index (χ0) is 24.7. The van der Waals surface area contributed by atoms with Crippen LogP contribution in [0.1, 0.15) is 51.0 Å². The Morgan fingerprint density at radius 1 is 1.29 bits per heavy atom. The second kappa shape index (κ2) is 9.44. The van der Waals surface area contributed by atoms with Gasteiger partial charge in [0.1, 0.15) is 5.65 Å². The molecular formula is C21H30F2N6O4S. The molecule has 1 aliphatic heterocycles. The first kappa shape index (κ1) is 24.9. The highest BCUT2D eigenvalue weighted by atomic mass is 32.2. The topological polar surface area (TPSA) is 129 Å². The molecule has 3 N–H and O–H groups in total. The van der Waals surface area contributed by atoms with Crippen LogP contribution in [0.2, 0.25) is 0 Å². The lowest BCUT2D eigenvalue weighted by atomic mass is 9.93. The molecule has 1 saturated carbocycles. The maximum Gasteiger partial charge on any atom is 0.279 e. The van der Waals surface area contributed by atoms with Crippen molar-refractivity contribution in [3.8, 4) is 0 Å². The van der Waals surface area contributed by atoms with E-state index in [-0.39, 0.29) is 30.1 Å². The average Bonchev–Trinajstić information content (AvgIpc) is 3.13. The van der Waals surface area contributed by atoms with E-state index in [9.17, 15) is 27.1 Å². The Morgan fingerprint density at radius 3 is 2.59 bits per heavy atom. The Kier molecular flexibility index (Phi) is 6.91.